The maximum Gasteiger partial charge on any atom is 0.339 e. The van der Waals surface area contributed by atoms with Gasteiger partial charge in [0, 0.05) is 47.9 Å². The summed E-state index contributed by atoms with van der Waals surface area (Å²) >= 11 is 2.11. The molecule has 0 bridgehead atoms. The number of esters is 1. The highest BCUT2D eigenvalue weighted by Gasteiger charge is 2.52. The average molecular weight is 671 g/mol. The van der Waals surface area contributed by atoms with Crippen LogP contribution in [0.1, 0.15) is 88.4 Å². The van der Waals surface area contributed by atoms with Crippen molar-refractivity contribution in [1.29, 1.82) is 0 Å². The van der Waals surface area contributed by atoms with Crippen LogP contribution < -0.4 is 10.6 Å². The molecule has 3 N–H and O–H groups in total. The molecule has 10 heteroatoms. The van der Waals surface area contributed by atoms with Crippen LogP contribution in [0.2, 0.25) is 0 Å². The Kier molecular flexibility index (Phi) is 13.3. The topological polar surface area (TPSA) is 123 Å². The molecule has 3 unspecified atom stereocenters. The summed E-state index contributed by atoms with van der Waals surface area (Å²) < 4.78 is 20.1. The highest BCUT2D eigenvalue weighted by Crippen LogP contribution is 2.43. The van der Waals surface area contributed by atoms with E-state index in [9.17, 15) is 14.4 Å². The molecule has 222 valence electrons. The van der Waals surface area contributed by atoms with E-state index >= 15 is 0 Å². The first-order valence-electron chi connectivity index (χ1n) is 14.5. The molecule has 0 saturated carbocycles. The fourth-order valence-electron chi connectivity index (χ4n) is 5.11. The summed E-state index contributed by atoms with van der Waals surface area (Å²) in [5.41, 5.74) is 0.907. The van der Waals surface area contributed by atoms with Gasteiger partial charge in [-0.05, 0) is 53.6 Å². The predicted octanol–water partition coefficient (Wildman–Crippen LogP) is 4.40. The molecule has 1 fully saturated rings. The first-order chi connectivity index (χ1) is 19.3. The largest absolute Gasteiger partial charge is 0.455 e. The second-order valence-electron chi connectivity index (χ2n) is 10.4. The smallest absolute Gasteiger partial charge is 0.339 e. The minimum Gasteiger partial charge on any atom is -0.455 e. The number of hydrogen-bond donors (Lipinski definition) is 3. The van der Waals surface area contributed by atoms with Crippen LogP contribution in [0.5, 0.6) is 0 Å². The maximum absolute atomic E-state index is 13.2. The van der Waals surface area contributed by atoms with Crippen molar-refractivity contribution < 1.29 is 33.7 Å². The van der Waals surface area contributed by atoms with E-state index in [1.54, 1.807) is 18.2 Å². The summed E-state index contributed by atoms with van der Waals surface area (Å²) in [5.74, 6) is -1.83. The SMILES string of the molecule is CCCCCC1(CCCCC)OC2C=C(C(=O)NCCC(=O)NCCO)CC(OC(=O)c3ccccc3I)C2O1. The Morgan fingerprint density at radius 1 is 1.02 bits per heavy atom. The van der Waals surface area contributed by atoms with Crippen LogP contribution in [0.15, 0.2) is 35.9 Å². The van der Waals surface area contributed by atoms with Gasteiger partial charge in [-0.2, -0.15) is 0 Å². The van der Waals surface area contributed by atoms with Gasteiger partial charge in [0.15, 0.2) is 5.79 Å². The standard InChI is InChI=1S/C30H43IN2O7/c1-3-5-9-14-30(15-10-6-4-2)39-25-20-21(28(36)33-16-13-26(35)32-17-18-34)19-24(27(25)40-30)38-29(37)22-11-7-8-12-23(22)31/h7-8,11-12,20,24-25,27,34H,3-6,9-10,13-19H2,1-2H3,(H,32,35)(H,33,36). The second-order valence-corrected chi connectivity index (χ2v) is 11.6. The Labute approximate surface area is 250 Å². The maximum atomic E-state index is 13.2. The lowest BCUT2D eigenvalue weighted by Crippen LogP contribution is -2.44. The number of ether oxygens (including phenoxy) is 3. The molecule has 40 heavy (non-hydrogen) atoms. The molecule has 0 aromatic heterocycles. The van der Waals surface area contributed by atoms with Crippen molar-refractivity contribution in [2.75, 3.05) is 19.7 Å². The summed E-state index contributed by atoms with van der Waals surface area (Å²) in [4.78, 5) is 38.2. The molecule has 9 nitrogen and oxygen atoms in total. The van der Waals surface area contributed by atoms with Gasteiger partial charge in [0.05, 0.1) is 12.2 Å². The van der Waals surface area contributed by atoms with Gasteiger partial charge < -0.3 is 30.0 Å². The van der Waals surface area contributed by atoms with Gasteiger partial charge in [0.25, 0.3) is 0 Å². The number of fused-ring (bicyclic) bond motifs is 1. The summed E-state index contributed by atoms with van der Waals surface area (Å²) in [5, 5.41) is 14.2. The molecule has 1 aliphatic heterocycles. The third kappa shape index (κ3) is 9.25. The zero-order valence-corrected chi connectivity index (χ0v) is 25.7. The van der Waals surface area contributed by atoms with E-state index < -0.39 is 30.1 Å². The number of halogens is 1. The third-order valence-electron chi connectivity index (χ3n) is 7.22. The summed E-state index contributed by atoms with van der Waals surface area (Å²) in [7, 11) is 0. The zero-order valence-electron chi connectivity index (χ0n) is 23.6. The number of benzene rings is 1. The molecule has 1 aromatic rings. The molecule has 1 heterocycles. The highest BCUT2D eigenvalue weighted by molar-refractivity contribution is 14.1. The number of carbonyl (C=O) groups excluding carboxylic acids is 3. The Hall–Kier alpha value is -2.02. The predicted molar refractivity (Wildman–Crippen MR) is 160 cm³/mol. The van der Waals surface area contributed by atoms with E-state index in [0.717, 1.165) is 54.9 Å². The molecule has 2 amide bonds. The van der Waals surface area contributed by atoms with Crippen LogP contribution in [0.4, 0.5) is 0 Å². The number of aliphatic hydroxyl groups excluding tert-OH is 1. The normalized spacial score (nSPS) is 21.3. The van der Waals surface area contributed by atoms with Crippen LogP contribution in [0, 0.1) is 3.57 Å². The van der Waals surface area contributed by atoms with Crippen LogP contribution >= 0.6 is 22.6 Å². The quantitative estimate of drug-likeness (QED) is 0.135. The van der Waals surface area contributed by atoms with Crippen molar-refractivity contribution in [3.63, 3.8) is 0 Å². The number of rotatable bonds is 16. The molecule has 2 aliphatic rings. The average Bonchev–Trinajstić information content (AvgIpc) is 3.31. The van der Waals surface area contributed by atoms with Gasteiger partial charge in [-0.25, -0.2) is 4.79 Å². The van der Waals surface area contributed by atoms with E-state index in [2.05, 4.69) is 47.1 Å². The van der Waals surface area contributed by atoms with E-state index in [1.807, 2.05) is 12.1 Å². The molecule has 0 spiro atoms. The van der Waals surface area contributed by atoms with E-state index in [4.69, 9.17) is 19.3 Å². The minimum absolute atomic E-state index is 0.0908. The Balaban J connectivity index is 1.79. The third-order valence-corrected chi connectivity index (χ3v) is 8.16. The fraction of sp³-hybridized carbons (Fsp3) is 0.633. The highest BCUT2D eigenvalue weighted by atomic mass is 127. The van der Waals surface area contributed by atoms with Gasteiger partial charge in [-0.15, -0.1) is 0 Å². The monoisotopic (exact) mass is 670 g/mol. The number of aliphatic hydroxyl groups is 1. The lowest BCUT2D eigenvalue weighted by Gasteiger charge is -2.31. The first-order valence-corrected chi connectivity index (χ1v) is 15.6. The fourth-order valence-corrected chi connectivity index (χ4v) is 5.72. The van der Waals surface area contributed by atoms with Crippen LogP contribution in [-0.2, 0) is 23.8 Å². The molecule has 1 aliphatic carbocycles. The van der Waals surface area contributed by atoms with Crippen molar-refractivity contribution in [3.8, 4) is 0 Å². The number of amides is 2. The Bertz CT molecular complexity index is 1020. The van der Waals surface area contributed by atoms with E-state index in [-0.39, 0.29) is 44.4 Å². The molecule has 1 aromatic carbocycles. The van der Waals surface area contributed by atoms with Crippen LogP contribution in [0.25, 0.3) is 0 Å². The van der Waals surface area contributed by atoms with Gasteiger partial charge in [-0.3, -0.25) is 9.59 Å². The van der Waals surface area contributed by atoms with Crippen LogP contribution in [0.3, 0.4) is 0 Å². The molecule has 1 saturated heterocycles. The zero-order chi connectivity index (χ0) is 29.0. The summed E-state index contributed by atoms with van der Waals surface area (Å²) in [6.07, 6.45) is 8.02. The number of unbranched alkanes of at least 4 members (excludes halogenated alkanes) is 4. The number of hydrogen-bond acceptors (Lipinski definition) is 7. The molecular formula is C30H43IN2O7. The summed E-state index contributed by atoms with van der Waals surface area (Å²) in [6, 6.07) is 7.22. The first kappa shape index (κ1) is 32.5. The van der Waals surface area contributed by atoms with E-state index in [1.165, 1.54) is 0 Å². The minimum atomic E-state index is -0.779. The molecule has 3 rings (SSSR count). The molecular weight excluding hydrogens is 627 g/mol. The van der Waals surface area contributed by atoms with Gasteiger partial charge >= 0.3 is 5.97 Å². The van der Waals surface area contributed by atoms with Gasteiger partial charge in [-0.1, -0.05) is 51.7 Å². The Morgan fingerprint density at radius 3 is 2.38 bits per heavy atom. The summed E-state index contributed by atoms with van der Waals surface area (Å²) in [6.45, 7) is 4.48. The van der Waals surface area contributed by atoms with Crippen molar-refractivity contribution in [2.45, 2.75) is 102 Å². The second kappa shape index (κ2) is 16.4. The van der Waals surface area contributed by atoms with Crippen molar-refractivity contribution in [2.24, 2.45) is 0 Å². The van der Waals surface area contributed by atoms with Crippen molar-refractivity contribution >= 4 is 40.4 Å². The van der Waals surface area contributed by atoms with Crippen molar-refractivity contribution in [1.82, 2.24) is 10.6 Å². The van der Waals surface area contributed by atoms with E-state index in [0.29, 0.717) is 11.1 Å². The van der Waals surface area contributed by atoms with Crippen LogP contribution in [-0.4, -0.2) is 66.7 Å². The molecule has 0 radical (unpaired) electrons. The lowest BCUT2D eigenvalue weighted by molar-refractivity contribution is -0.190. The molecule has 3 atom stereocenters. The number of carbonyl (C=O) groups is 3. The van der Waals surface area contributed by atoms with Gasteiger partial charge in [0.1, 0.15) is 18.3 Å². The van der Waals surface area contributed by atoms with Gasteiger partial charge in [0.2, 0.25) is 11.8 Å². The number of nitrogens with one attached hydrogen (secondary N) is 2. The van der Waals surface area contributed by atoms with Crippen molar-refractivity contribution in [3.05, 3.63) is 45.0 Å². The lowest BCUT2D eigenvalue weighted by atomic mass is 9.91. The Morgan fingerprint density at radius 2 is 1.73 bits per heavy atom.